The average molecular weight is 353 g/mol. The van der Waals surface area contributed by atoms with Gasteiger partial charge in [-0.2, -0.15) is 0 Å². The Labute approximate surface area is 146 Å². The number of phenols is 1. The summed E-state index contributed by atoms with van der Waals surface area (Å²) < 4.78 is 18.4. The number of phenolic OH excluding ortho intramolecular Hbond substituents is 1. The van der Waals surface area contributed by atoms with Gasteiger partial charge in [-0.1, -0.05) is 12.1 Å². The van der Waals surface area contributed by atoms with Crippen molar-refractivity contribution in [2.24, 2.45) is 0 Å². The van der Waals surface area contributed by atoms with Crippen molar-refractivity contribution in [2.45, 2.75) is 6.54 Å². The second-order valence-electron chi connectivity index (χ2n) is 5.71. The Kier molecular flexibility index (Phi) is 3.54. The Hall–Kier alpha value is -3.55. The van der Waals surface area contributed by atoms with Crippen molar-refractivity contribution < 1.29 is 23.8 Å². The molecule has 2 heterocycles. The fraction of sp³-hybridized carbons (Fsp3) is 0.111. The van der Waals surface area contributed by atoms with Crippen LogP contribution >= 0.6 is 0 Å². The highest BCUT2D eigenvalue weighted by molar-refractivity contribution is 6.26. The SMILES string of the molecule is COc1c2c(c(O)c3nccnc13)C(=O)N(Cc1ccc(F)cc1)C2=O. The molecule has 1 aliphatic rings. The van der Waals surface area contributed by atoms with Gasteiger partial charge in [0.25, 0.3) is 11.8 Å². The zero-order valence-corrected chi connectivity index (χ0v) is 13.6. The third-order valence-corrected chi connectivity index (χ3v) is 4.23. The lowest BCUT2D eigenvalue weighted by molar-refractivity contribution is 0.0641. The molecule has 1 aliphatic heterocycles. The fourth-order valence-electron chi connectivity index (χ4n) is 3.04. The summed E-state index contributed by atoms with van der Waals surface area (Å²) in [5, 5.41) is 10.5. The first-order valence-corrected chi connectivity index (χ1v) is 7.67. The fourth-order valence-corrected chi connectivity index (χ4v) is 3.04. The number of benzene rings is 2. The van der Waals surface area contributed by atoms with E-state index in [0.717, 1.165) is 4.90 Å². The Balaban J connectivity index is 1.87. The van der Waals surface area contributed by atoms with E-state index < -0.39 is 23.4 Å². The normalized spacial score (nSPS) is 13.4. The van der Waals surface area contributed by atoms with E-state index in [1.54, 1.807) is 0 Å². The van der Waals surface area contributed by atoms with Crippen LogP contribution in [0.25, 0.3) is 11.0 Å². The van der Waals surface area contributed by atoms with Crippen LogP contribution < -0.4 is 4.74 Å². The number of halogens is 1. The molecule has 130 valence electrons. The maximum absolute atomic E-state index is 13.1. The van der Waals surface area contributed by atoms with Crippen LogP contribution in [-0.4, -0.2) is 38.9 Å². The number of nitrogens with zero attached hydrogens (tertiary/aromatic N) is 3. The number of hydrogen-bond donors (Lipinski definition) is 1. The number of aromatic nitrogens is 2. The first-order chi connectivity index (χ1) is 12.5. The van der Waals surface area contributed by atoms with Crippen LogP contribution in [0.3, 0.4) is 0 Å². The summed E-state index contributed by atoms with van der Waals surface area (Å²) in [6.07, 6.45) is 2.76. The minimum Gasteiger partial charge on any atom is -0.505 e. The number of amides is 2. The summed E-state index contributed by atoms with van der Waals surface area (Å²) in [5.74, 6) is -2.03. The average Bonchev–Trinajstić information content (AvgIpc) is 2.89. The molecule has 7 nitrogen and oxygen atoms in total. The minimum absolute atomic E-state index is 0.0508. The maximum Gasteiger partial charge on any atom is 0.265 e. The molecular weight excluding hydrogens is 341 g/mol. The van der Waals surface area contributed by atoms with Gasteiger partial charge in [0.1, 0.15) is 28.0 Å². The van der Waals surface area contributed by atoms with Gasteiger partial charge in [-0.3, -0.25) is 14.5 Å². The van der Waals surface area contributed by atoms with Crippen LogP contribution in [0.4, 0.5) is 4.39 Å². The van der Waals surface area contributed by atoms with Crippen molar-refractivity contribution in [3.8, 4) is 11.5 Å². The van der Waals surface area contributed by atoms with E-state index in [0.29, 0.717) is 5.56 Å². The molecule has 2 aromatic carbocycles. The Morgan fingerprint density at radius 3 is 2.31 bits per heavy atom. The van der Waals surface area contributed by atoms with Gasteiger partial charge in [0, 0.05) is 12.4 Å². The molecule has 0 unspecified atom stereocenters. The predicted octanol–water partition coefficient (Wildman–Crippen LogP) is 2.28. The van der Waals surface area contributed by atoms with Crippen LogP contribution in [-0.2, 0) is 6.54 Å². The topological polar surface area (TPSA) is 92.6 Å². The van der Waals surface area contributed by atoms with Gasteiger partial charge in [-0.25, -0.2) is 14.4 Å². The van der Waals surface area contributed by atoms with Crippen molar-refractivity contribution in [3.63, 3.8) is 0 Å². The number of carbonyl (C=O) groups is 2. The third kappa shape index (κ3) is 2.19. The highest BCUT2D eigenvalue weighted by Crippen LogP contribution is 2.42. The number of hydrogen-bond acceptors (Lipinski definition) is 6. The van der Waals surface area contributed by atoms with Gasteiger partial charge < -0.3 is 9.84 Å². The highest BCUT2D eigenvalue weighted by Gasteiger charge is 2.42. The van der Waals surface area contributed by atoms with E-state index in [2.05, 4.69) is 9.97 Å². The van der Waals surface area contributed by atoms with Crippen molar-refractivity contribution in [3.05, 3.63) is 59.2 Å². The van der Waals surface area contributed by atoms with E-state index in [1.807, 2.05) is 0 Å². The molecule has 3 aromatic rings. The standard InChI is InChI=1S/C18H12FN3O4/c1-26-16-12-11(15(23)13-14(16)21-7-6-20-13)17(24)22(18(12)25)8-9-2-4-10(19)5-3-9/h2-7,23H,8H2,1H3. The van der Waals surface area contributed by atoms with E-state index in [1.165, 1.54) is 43.8 Å². The molecule has 1 N–H and O–H groups in total. The molecule has 0 radical (unpaired) electrons. The number of carbonyl (C=O) groups excluding carboxylic acids is 2. The number of fused-ring (bicyclic) bond motifs is 2. The summed E-state index contributed by atoms with van der Waals surface area (Å²) in [7, 11) is 1.35. The molecule has 0 aliphatic carbocycles. The Bertz CT molecular complexity index is 1070. The molecule has 0 spiro atoms. The molecule has 0 fully saturated rings. The Morgan fingerprint density at radius 1 is 1.04 bits per heavy atom. The lowest BCUT2D eigenvalue weighted by atomic mass is 10.0. The highest BCUT2D eigenvalue weighted by atomic mass is 19.1. The van der Waals surface area contributed by atoms with Crippen molar-refractivity contribution >= 4 is 22.8 Å². The molecule has 1 aromatic heterocycles. The largest absolute Gasteiger partial charge is 0.505 e. The van der Waals surface area contributed by atoms with Crippen LogP contribution in [0.1, 0.15) is 26.3 Å². The van der Waals surface area contributed by atoms with Gasteiger partial charge in [0.2, 0.25) is 0 Å². The predicted molar refractivity (Wildman–Crippen MR) is 88.4 cm³/mol. The van der Waals surface area contributed by atoms with Crippen molar-refractivity contribution in [2.75, 3.05) is 7.11 Å². The zero-order chi connectivity index (χ0) is 18.4. The van der Waals surface area contributed by atoms with E-state index in [9.17, 15) is 19.1 Å². The van der Waals surface area contributed by atoms with E-state index in [4.69, 9.17) is 4.74 Å². The van der Waals surface area contributed by atoms with Crippen LogP contribution in [0, 0.1) is 5.82 Å². The summed E-state index contributed by atoms with van der Waals surface area (Å²) in [5.41, 5.74) is 0.621. The quantitative estimate of drug-likeness (QED) is 0.726. The first-order valence-electron chi connectivity index (χ1n) is 7.67. The van der Waals surface area contributed by atoms with Gasteiger partial charge in [-0.05, 0) is 17.7 Å². The summed E-state index contributed by atoms with van der Waals surface area (Å²) >= 11 is 0. The molecular formula is C18H12FN3O4. The van der Waals surface area contributed by atoms with Crippen molar-refractivity contribution in [1.29, 1.82) is 0 Å². The smallest absolute Gasteiger partial charge is 0.265 e. The van der Waals surface area contributed by atoms with Crippen LogP contribution in [0.15, 0.2) is 36.7 Å². The minimum atomic E-state index is -0.669. The second-order valence-corrected chi connectivity index (χ2v) is 5.71. The summed E-state index contributed by atoms with van der Waals surface area (Å²) in [4.78, 5) is 34.7. The molecule has 0 bridgehead atoms. The van der Waals surface area contributed by atoms with E-state index >= 15 is 0 Å². The van der Waals surface area contributed by atoms with Gasteiger partial charge in [0.15, 0.2) is 11.5 Å². The number of ether oxygens (including phenoxy) is 1. The number of imide groups is 1. The lowest BCUT2D eigenvalue weighted by Crippen LogP contribution is -2.29. The first kappa shape index (κ1) is 15.9. The van der Waals surface area contributed by atoms with Crippen LogP contribution in [0.2, 0.25) is 0 Å². The molecule has 0 saturated carbocycles. The molecule has 2 amide bonds. The molecule has 26 heavy (non-hydrogen) atoms. The van der Waals surface area contributed by atoms with Gasteiger partial charge in [0.05, 0.1) is 13.7 Å². The number of aromatic hydroxyl groups is 1. The molecule has 4 rings (SSSR count). The second kappa shape index (κ2) is 5.76. The van der Waals surface area contributed by atoms with Crippen molar-refractivity contribution in [1.82, 2.24) is 14.9 Å². The molecule has 0 saturated heterocycles. The number of rotatable bonds is 3. The lowest BCUT2D eigenvalue weighted by Gasteiger charge is -2.13. The molecule has 8 heteroatoms. The third-order valence-electron chi connectivity index (χ3n) is 4.23. The summed E-state index contributed by atoms with van der Waals surface area (Å²) in [6, 6.07) is 5.45. The maximum atomic E-state index is 13.1. The van der Waals surface area contributed by atoms with Gasteiger partial charge >= 0.3 is 0 Å². The number of methoxy groups -OCH3 is 1. The zero-order valence-electron chi connectivity index (χ0n) is 13.6. The van der Waals surface area contributed by atoms with E-state index in [-0.39, 0.29) is 34.5 Å². The van der Waals surface area contributed by atoms with Crippen LogP contribution in [0.5, 0.6) is 11.5 Å². The van der Waals surface area contributed by atoms with Gasteiger partial charge in [-0.15, -0.1) is 0 Å². The Morgan fingerprint density at radius 2 is 1.65 bits per heavy atom. The monoisotopic (exact) mass is 353 g/mol. The summed E-state index contributed by atoms with van der Waals surface area (Å²) in [6.45, 7) is -0.0631. The molecule has 0 atom stereocenters.